The Balaban J connectivity index is 1.79. The van der Waals surface area contributed by atoms with Crippen molar-refractivity contribution in [3.05, 3.63) is 64.5 Å². The van der Waals surface area contributed by atoms with Gasteiger partial charge in [-0.25, -0.2) is 4.98 Å². The maximum absolute atomic E-state index is 12.3. The van der Waals surface area contributed by atoms with Crippen molar-refractivity contribution >= 4 is 22.4 Å². The first-order valence-electron chi connectivity index (χ1n) is 7.55. The van der Waals surface area contributed by atoms with Gasteiger partial charge in [0.05, 0.1) is 12.8 Å². The van der Waals surface area contributed by atoms with Crippen LogP contribution in [-0.2, 0) is 0 Å². The number of benzene rings is 2. The van der Waals surface area contributed by atoms with Crippen LogP contribution in [0.25, 0.3) is 11.3 Å². The molecule has 2 aromatic carbocycles. The van der Waals surface area contributed by atoms with Crippen LogP contribution in [0, 0.1) is 13.8 Å². The van der Waals surface area contributed by atoms with Crippen molar-refractivity contribution in [1.82, 2.24) is 4.98 Å². The number of aryl methyl sites for hydroxylation is 2. The van der Waals surface area contributed by atoms with Crippen molar-refractivity contribution in [3.8, 4) is 17.0 Å². The number of rotatable bonds is 4. The Labute approximate surface area is 145 Å². The van der Waals surface area contributed by atoms with Gasteiger partial charge in [-0.1, -0.05) is 29.8 Å². The molecule has 4 nitrogen and oxygen atoms in total. The lowest BCUT2D eigenvalue weighted by Gasteiger charge is -2.05. The highest BCUT2D eigenvalue weighted by atomic mass is 32.1. The van der Waals surface area contributed by atoms with Gasteiger partial charge in [0.25, 0.3) is 5.91 Å². The van der Waals surface area contributed by atoms with Crippen LogP contribution in [0.2, 0.25) is 0 Å². The second-order valence-corrected chi connectivity index (χ2v) is 6.40. The zero-order valence-electron chi connectivity index (χ0n) is 13.8. The molecular weight excluding hydrogens is 320 g/mol. The molecule has 5 heteroatoms. The highest BCUT2D eigenvalue weighted by Gasteiger charge is 2.11. The molecule has 0 unspecified atom stereocenters. The monoisotopic (exact) mass is 338 g/mol. The second-order valence-electron chi connectivity index (χ2n) is 5.54. The molecule has 0 aliphatic carbocycles. The van der Waals surface area contributed by atoms with Crippen molar-refractivity contribution < 1.29 is 9.53 Å². The van der Waals surface area contributed by atoms with Crippen LogP contribution in [0.5, 0.6) is 5.75 Å². The van der Waals surface area contributed by atoms with E-state index in [2.05, 4.69) is 42.3 Å². The fourth-order valence-corrected chi connectivity index (χ4v) is 3.20. The van der Waals surface area contributed by atoms with E-state index in [4.69, 9.17) is 4.74 Å². The van der Waals surface area contributed by atoms with Gasteiger partial charge in [-0.2, -0.15) is 0 Å². The number of ether oxygens (including phenoxy) is 1. The molecule has 3 rings (SSSR count). The first-order valence-corrected chi connectivity index (χ1v) is 8.43. The summed E-state index contributed by atoms with van der Waals surface area (Å²) in [4.78, 5) is 16.9. The van der Waals surface area contributed by atoms with Crippen molar-refractivity contribution in [2.45, 2.75) is 13.8 Å². The Hall–Kier alpha value is -2.66. The third-order valence-electron chi connectivity index (χ3n) is 3.71. The number of nitrogens with one attached hydrogen (secondary N) is 1. The first-order chi connectivity index (χ1) is 11.6. The summed E-state index contributed by atoms with van der Waals surface area (Å²) in [7, 11) is 1.58. The van der Waals surface area contributed by atoms with E-state index in [9.17, 15) is 4.79 Å². The number of hydrogen-bond donors (Lipinski definition) is 1. The molecule has 1 amide bonds. The van der Waals surface area contributed by atoms with Gasteiger partial charge in [-0.05, 0) is 37.6 Å². The van der Waals surface area contributed by atoms with Crippen LogP contribution in [0.1, 0.15) is 21.5 Å². The van der Waals surface area contributed by atoms with Gasteiger partial charge in [-0.15, -0.1) is 11.3 Å². The van der Waals surface area contributed by atoms with Crippen molar-refractivity contribution in [1.29, 1.82) is 0 Å². The number of aromatic nitrogens is 1. The molecule has 1 heterocycles. The van der Waals surface area contributed by atoms with Crippen LogP contribution in [0.3, 0.4) is 0 Å². The average Bonchev–Trinajstić information content (AvgIpc) is 3.03. The van der Waals surface area contributed by atoms with Crippen molar-refractivity contribution in [3.63, 3.8) is 0 Å². The largest absolute Gasteiger partial charge is 0.497 e. The Morgan fingerprint density at radius 2 is 2.00 bits per heavy atom. The summed E-state index contributed by atoms with van der Waals surface area (Å²) in [6.45, 7) is 4.13. The number of nitrogens with zero attached hydrogens (tertiary/aromatic N) is 1. The fraction of sp³-hybridized carbons (Fsp3) is 0.158. The predicted octanol–water partition coefficient (Wildman–Crippen LogP) is 4.69. The van der Waals surface area contributed by atoms with E-state index in [0.717, 1.165) is 11.3 Å². The van der Waals surface area contributed by atoms with Crippen LogP contribution in [0.4, 0.5) is 5.13 Å². The molecule has 0 radical (unpaired) electrons. The molecule has 0 aliphatic heterocycles. The SMILES string of the molecule is COc1cccc(C(=O)Nc2nc(-c3ccc(C)cc3C)cs2)c1. The summed E-state index contributed by atoms with van der Waals surface area (Å²) in [5, 5.41) is 5.38. The predicted molar refractivity (Wildman–Crippen MR) is 98.0 cm³/mol. The Morgan fingerprint density at radius 3 is 2.75 bits per heavy atom. The number of thiazole rings is 1. The first kappa shape index (κ1) is 16.2. The lowest BCUT2D eigenvalue weighted by molar-refractivity contribution is 0.102. The maximum Gasteiger partial charge on any atom is 0.257 e. The van der Waals surface area contributed by atoms with Crippen LogP contribution >= 0.6 is 11.3 Å². The van der Waals surface area contributed by atoms with E-state index in [1.165, 1.54) is 22.5 Å². The minimum Gasteiger partial charge on any atom is -0.497 e. The Bertz CT molecular complexity index is 887. The molecule has 24 heavy (non-hydrogen) atoms. The van der Waals surface area contributed by atoms with Gasteiger partial charge in [0.15, 0.2) is 5.13 Å². The Morgan fingerprint density at radius 1 is 1.17 bits per heavy atom. The minimum atomic E-state index is -0.199. The molecule has 0 spiro atoms. The molecule has 3 aromatic rings. The van der Waals surface area contributed by atoms with Gasteiger partial charge in [0.1, 0.15) is 5.75 Å². The number of carbonyl (C=O) groups is 1. The molecule has 122 valence electrons. The molecule has 1 N–H and O–H groups in total. The zero-order chi connectivity index (χ0) is 17.1. The summed E-state index contributed by atoms with van der Waals surface area (Å²) in [6.07, 6.45) is 0. The number of amides is 1. The highest BCUT2D eigenvalue weighted by Crippen LogP contribution is 2.28. The third-order valence-corrected chi connectivity index (χ3v) is 4.47. The van der Waals surface area contributed by atoms with Crippen molar-refractivity contribution in [2.24, 2.45) is 0 Å². The molecule has 0 saturated carbocycles. The van der Waals surface area contributed by atoms with Gasteiger partial charge in [-0.3, -0.25) is 10.1 Å². The molecule has 0 fully saturated rings. The summed E-state index contributed by atoms with van der Waals surface area (Å²) < 4.78 is 5.15. The Kier molecular flexibility index (Phi) is 4.62. The molecule has 1 aromatic heterocycles. The number of carbonyl (C=O) groups excluding carboxylic acids is 1. The normalized spacial score (nSPS) is 10.5. The molecule has 0 saturated heterocycles. The molecule has 0 bridgehead atoms. The lowest BCUT2D eigenvalue weighted by atomic mass is 10.0. The van der Waals surface area contributed by atoms with Gasteiger partial charge < -0.3 is 4.74 Å². The van der Waals surface area contributed by atoms with Gasteiger partial charge >= 0.3 is 0 Å². The number of hydrogen-bond acceptors (Lipinski definition) is 4. The summed E-state index contributed by atoms with van der Waals surface area (Å²) in [5.74, 6) is 0.452. The third kappa shape index (κ3) is 3.46. The van der Waals surface area contributed by atoms with Gasteiger partial charge in [0, 0.05) is 16.5 Å². The molecule has 0 aliphatic rings. The lowest BCUT2D eigenvalue weighted by Crippen LogP contribution is -2.11. The van der Waals surface area contributed by atoms with Gasteiger partial charge in [0.2, 0.25) is 0 Å². The maximum atomic E-state index is 12.3. The van der Waals surface area contributed by atoms with Crippen LogP contribution < -0.4 is 10.1 Å². The van der Waals surface area contributed by atoms with E-state index in [1.54, 1.807) is 31.4 Å². The second kappa shape index (κ2) is 6.84. The standard InChI is InChI=1S/C19H18N2O2S/c1-12-7-8-16(13(2)9-12)17-11-24-19(20-17)21-18(22)14-5-4-6-15(10-14)23-3/h4-11H,1-3H3,(H,20,21,22). The van der Waals surface area contributed by atoms with E-state index >= 15 is 0 Å². The summed E-state index contributed by atoms with van der Waals surface area (Å²) in [5.41, 5.74) is 4.89. The van der Waals surface area contributed by atoms with E-state index < -0.39 is 0 Å². The average molecular weight is 338 g/mol. The number of anilines is 1. The van der Waals surface area contributed by atoms with Crippen molar-refractivity contribution in [2.75, 3.05) is 12.4 Å². The summed E-state index contributed by atoms with van der Waals surface area (Å²) in [6, 6.07) is 13.3. The van der Waals surface area contributed by atoms with E-state index in [1.807, 2.05) is 5.38 Å². The van der Waals surface area contributed by atoms with E-state index in [0.29, 0.717) is 16.4 Å². The topological polar surface area (TPSA) is 51.2 Å². The van der Waals surface area contributed by atoms with Crippen LogP contribution in [-0.4, -0.2) is 18.0 Å². The zero-order valence-corrected chi connectivity index (χ0v) is 14.6. The smallest absolute Gasteiger partial charge is 0.257 e. The number of methoxy groups -OCH3 is 1. The molecular formula is C19H18N2O2S. The highest BCUT2D eigenvalue weighted by molar-refractivity contribution is 7.14. The quantitative estimate of drug-likeness (QED) is 0.751. The summed E-state index contributed by atoms with van der Waals surface area (Å²) >= 11 is 1.42. The minimum absolute atomic E-state index is 0.199. The fourth-order valence-electron chi connectivity index (χ4n) is 2.49. The molecule has 0 atom stereocenters. The van der Waals surface area contributed by atoms with Crippen LogP contribution in [0.15, 0.2) is 47.8 Å². The van der Waals surface area contributed by atoms with E-state index in [-0.39, 0.29) is 5.91 Å².